The van der Waals surface area contributed by atoms with Gasteiger partial charge in [0.15, 0.2) is 0 Å². The Balaban J connectivity index is 1.38. The average molecular weight is 308 g/mol. The van der Waals surface area contributed by atoms with E-state index < -0.39 is 0 Å². The average Bonchev–Trinajstić information content (AvgIpc) is 2.62. The van der Waals surface area contributed by atoms with Gasteiger partial charge in [-0.1, -0.05) is 24.3 Å². The highest BCUT2D eigenvalue weighted by molar-refractivity contribution is 5.81. The molecule has 1 aromatic carbocycles. The normalized spacial score (nSPS) is 29.7. The number of hydrogen-bond acceptors (Lipinski definition) is 3. The third-order valence-corrected chi connectivity index (χ3v) is 5.54. The van der Waals surface area contributed by atoms with Crippen LogP contribution >= 0.6 is 0 Å². The lowest BCUT2D eigenvalue weighted by molar-refractivity contribution is -0.0304. The first-order valence-corrected chi connectivity index (χ1v) is 8.62. The second-order valence-electron chi connectivity index (χ2n) is 6.84. The lowest BCUT2D eigenvalue weighted by atomic mass is 9.76. The minimum atomic E-state index is 0.582. The van der Waals surface area contributed by atoms with Crippen LogP contribution in [-0.2, 0) is 11.3 Å². The van der Waals surface area contributed by atoms with Crippen molar-refractivity contribution in [3.8, 4) is 0 Å². The van der Waals surface area contributed by atoms with Gasteiger partial charge >= 0.3 is 0 Å². The Kier molecular flexibility index (Phi) is 4.15. The molecule has 0 saturated carbocycles. The van der Waals surface area contributed by atoms with Gasteiger partial charge in [0.25, 0.3) is 0 Å². The van der Waals surface area contributed by atoms with Crippen molar-refractivity contribution in [2.24, 2.45) is 11.8 Å². The lowest BCUT2D eigenvalue weighted by Gasteiger charge is -2.49. The van der Waals surface area contributed by atoms with Gasteiger partial charge in [0, 0.05) is 24.2 Å². The molecule has 0 amide bonds. The van der Waals surface area contributed by atoms with E-state index in [-0.39, 0.29) is 0 Å². The van der Waals surface area contributed by atoms with Gasteiger partial charge in [0.05, 0.1) is 18.7 Å². The summed E-state index contributed by atoms with van der Waals surface area (Å²) < 4.78 is 6.09. The Bertz CT molecular complexity index is 694. The monoisotopic (exact) mass is 308 g/mol. The van der Waals surface area contributed by atoms with Crippen LogP contribution in [0.3, 0.4) is 0 Å². The number of piperidine rings is 3. The molecule has 0 radical (unpaired) electrons. The number of para-hydroxylation sites is 1. The van der Waals surface area contributed by atoms with Crippen molar-refractivity contribution in [2.75, 3.05) is 19.7 Å². The summed E-state index contributed by atoms with van der Waals surface area (Å²) in [6, 6.07) is 10.9. The van der Waals surface area contributed by atoms with Gasteiger partial charge in [0.2, 0.25) is 0 Å². The third-order valence-electron chi connectivity index (χ3n) is 5.54. The number of hydrogen-bond donors (Lipinski definition) is 0. The molecule has 3 heteroatoms. The number of pyridine rings is 1. The summed E-state index contributed by atoms with van der Waals surface area (Å²) in [5.41, 5.74) is 2.28. The van der Waals surface area contributed by atoms with Crippen LogP contribution in [-0.4, -0.2) is 35.6 Å². The van der Waals surface area contributed by atoms with Gasteiger partial charge in [-0.2, -0.15) is 0 Å². The highest BCUT2D eigenvalue weighted by Crippen LogP contribution is 2.36. The molecule has 0 spiro atoms. The fraction of sp³-hybridized carbons (Fsp3) is 0.450. The first kappa shape index (κ1) is 14.9. The van der Waals surface area contributed by atoms with Gasteiger partial charge in [-0.15, -0.1) is 6.58 Å². The zero-order valence-electron chi connectivity index (χ0n) is 13.5. The van der Waals surface area contributed by atoms with Crippen molar-refractivity contribution in [2.45, 2.75) is 25.5 Å². The molecule has 3 aliphatic rings. The van der Waals surface area contributed by atoms with Crippen LogP contribution in [0.2, 0.25) is 0 Å². The molecule has 5 rings (SSSR count). The fourth-order valence-electron chi connectivity index (χ4n) is 4.21. The van der Waals surface area contributed by atoms with E-state index >= 15 is 0 Å². The number of benzene rings is 1. The van der Waals surface area contributed by atoms with E-state index in [1.54, 1.807) is 0 Å². The molecule has 2 bridgehead atoms. The third kappa shape index (κ3) is 2.91. The van der Waals surface area contributed by atoms with Crippen molar-refractivity contribution in [1.29, 1.82) is 0 Å². The summed E-state index contributed by atoms with van der Waals surface area (Å²) in [4.78, 5) is 7.01. The molecule has 3 nitrogen and oxygen atoms in total. The zero-order valence-corrected chi connectivity index (χ0v) is 13.5. The van der Waals surface area contributed by atoms with E-state index in [9.17, 15) is 0 Å². The number of fused-ring (bicyclic) bond motifs is 4. The topological polar surface area (TPSA) is 25.4 Å². The van der Waals surface area contributed by atoms with Gasteiger partial charge in [-0.25, -0.2) is 0 Å². The molecule has 4 heterocycles. The van der Waals surface area contributed by atoms with Crippen LogP contribution < -0.4 is 0 Å². The predicted octanol–water partition coefficient (Wildman–Crippen LogP) is 3.65. The van der Waals surface area contributed by atoms with E-state index in [2.05, 4.69) is 46.8 Å². The molecule has 0 N–H and O–H groups in total. The number of rotatable bonds is 5. The predicted molar refractivity (Wildman–Crippen MR) is 93.2 cm³/mol. The van der Waals surface area contributed by atoms with Crippen LogP contribution in [0.1, 0.15) is 18.4 Å². The van der Waals surface area contributed by atoms with Crippen LogP contribution in [0.15, 0.2) is 49.2 Å². The molecule has 0 aliphatic carbocycles. The summed E-state index contributed by atoms with van der Waals surface area (Å²) in [5, 5.41) is 1.20. The van der Waals surface area contributed by atoms with Crippen LogP contribution in [0, 0.1) is 11.8 Å². The second kappa shape index (κ2) is 6.42. The maximum absolute atomic E-state index is 6.09. The molecule has 3 fully saturated rings. The minimum Gasteiger partial charge on any atom is -0.375 e. The first-order valence-electron chi connectivity index (χ1n) is 8.62. The molecule has 4 unspecified atom stereocenters. The summed E-state index contributed by atoms with van der Waals surface area (Å²) in [7, 11) is 0. The molecule has 4 atom stereocenters. The first-order chi connectivity index (χ1) is 11.3. The lowest BCUT2D eigenvalue weighted by Crippen LogP contribution is -2.54. The van der Waals surface area contributed by atoms with E-state index in [1.807, 2.05) is 12.3 Å². The van der Waals surface area contributed by atoms with Crippen molar-refractivity contribution < 1.29 is 4.74 Å². The van der Waals surface area contributed by atoms with Crippen LogP contribution in [0.25, 0.3) is 10.9 Å². The van der Waals surface area contributed by atoms with Gasteiger partial charge in [-0.05, 0) is 48.9 Å². The van der Waals surface area contributed by atoms with Crippen molar-refractivity contribution in [1.82, 2.24) is 9.88 Å². The van der Waals surface area contributed by atoms with Gasteiger partial charge in [-0.3, -0.25) is 9.88 Å². The Morgan fingerprint density at radius 3 is 3.04 bits per heavy atom. The zero-order chi connectivity index (χ0) is 15.6. The van der Waals surface area contributed by atoms with E-state index in [1.165, 1.54) is 36.9 Å². The fourth-order valence-corrected chi connectivity index (χ4v) is 4.21. The highest BCUT2D eigenvalue weighted by atomic mass is 16.5. The minimum absolute atomic E-state index is 0.582. The van der Waals surface area contributed by atoms with E-state index in [0.717, 1.165) is 18.0 Å². The number of aromatic nitrogens is 1. The Morgan fingerprint density at radius 1 is 1.30 bits per heavy atom. The summed E-state index contributed by atoms with van der Waals surface area (Å²) in [6.45, 7) is 7.89. The Hall–Kier alpha value is -1.71. The maximum Gasteiger partial charge on any atom is 0.0724 e. The molecule has 23 heavy (non-hydrogen) atoms. The van der Waals surface area contributed by atoms with Gasteiger partial charge in [0.1, 0.15) is 0 Å². The van der Waals surface area contributed by atoms with Crippen LogP contribution in [0.4, 0.5) is 0 Å². The second-order valence-corrected chi connectivity index (χ2v) is 6.84. The van der Waals surface area contributed by atoms with Crippen LogP contribution in [0.5, 0.6) is 0 Å². The number of nitrogens with zero attached hydrogens (tertiary/aromatic N) is 2. The Morgan fingerprint density at radius 2 is 2.22 bits per heavy atom. The number of ether oxygens (including phenoxy) is 1. The van der Waals surface area contributed by atoms with Crippen molar-refractivity contribution in [3.05, 3.63) is 54.7 Å². The molecule has 120 valence electrons. The molecule has 3 aliphatic heterocycles. The van der Waals surface area contributed by atoms with E-state index in [4.69, 9.17) is 4.74 Å². The quantitative estimate of drug-likeness (QED) is 0.788. The van der Waals surface area contributed by atoms with Gasteiger partial charge < -0.3 is 4.74 Å². The molecular weight excluding hydrogens is 284 g/mol. The molecule has 1 aromatic heterocycles. The molecular formula is C20H24N2O. The highest BCUT2D eigenvalue weighted by Gasteiger charge is 2.38. The largest absolute Gasteiger partial charge is 0.375 e. The SMILES string of the molecule is C=CC1CN2CCC1CC2COCc1ccnc2ccccc12. The summed E-state index contributed by atoms with van der Waals surface area (Å²) >= 11 is 0. The van der Waals surface area contributed by atoms with Crippen molar-refractivity contribution >= 4 is 10.9 Å². The standard InChI is InChI=1S/C20H24N2O/c1-2-15-12-22-10-8-16(15)11-18(22)14-23-13-17-7-9-21-20-6-4-3-5-19(17)20/h2-7,9,15-16,18H,1,8,10-14H2. The smallest absolute Gasteiger partial charge is 0.0724 e. The Labute approximate surface area is 138 Å². The maximum atomic E-state index is 6.09. The molecule has 2 aromatic rings. The summed E-state index contributed by atoms with van der Waals surface area (Å²) in [5.74, 6) is 1.50. The van der Waals surface area contributed by atoms with E-state index in [0.29, 0.717) is 18.6 Å². The van der Waals surface area contributed by atoms with Crippen molar-refractivity contribution in [3.63, 3.8) is 0 Å². The molecule has 3 saturated heterocycles. The summed E-state index contributed by atoms with van der Waals surface area (Å²) in [6.07, 6.45) is 6.61.